The van der Waals surface area contributed by atoms with Gasteiger partial charge in [0.15, 0.2) is 0 Å². The van der Waals surface area contributed by atoms with E-state index < -0.39 is 0 Å². The van der Waals surface area contributed by atoms with Gasteiger partial charge in [-0.05, 0) is 43.2 Å². The van der Waals surface area contributed by atoms with Crippen molar-refractivity contribution in [3.8, 4) is 0 Å². The number of hydrogen-bond acceptors (Lipinski definition) is 4. The highest BCUT2D eigenvalue weighted by Gasteiger charge is 2.45. The molecule has 2 saturated heterocycles. The highest BCUT2D eigenvalue weighted by atomic mass is 32.1. The largest absolute Gasteiger partial charge is 0.384 e. The van der Waals surface area contributed by atoms with Gasteiger partial charge in [0, 0.05) is 43.6 Å². The topological polar surface area (TPSA) is 21.7 Å². The number of aryl methyl sites for hydroxylation is 1. The van der Waals surface area contributed by atoms with Crippen LogP contribution in [0.2, 0.25) is 0 Å². The number of ether oxygens (including phenoxy) is 2. The maximum Gasteiger partial charge on any atom is 0.0677 e. The molecule has 20 heavy (non-hydrogen) atoms. The lowest BCUT2D eigenvalue weighted by Crippen LogP contribution is -2.56. The third kappa shape index (κ3) is 2.80. The van der Waals surface area contributed by atoms with Crippen molar-refractivity contribution in [1.29, 1.82) is 0 Å². The predicted octanol–water partition coefficient (Wildman–Crippen LogP) is 3.07. The molecule has 2 fully saturated rings. The van der Waals surface area contributed by atoms with Crippen LogP contribution in [0.4, 0.5) is 0 Å². The number of nitrogens with zero attached hydrogens (tertiary/aromatic N) is 1. The number of fused-ring (bicyclic) bond motifs is 1. The van der Waals surface area contributed by atoms with E-state index >= 15 is 0 Å². The Morgan fingerprint density at radius 2 is 2.45 bits per heavy atom. The summed E-state index contributed by atoms with van der Waals surface area (Å²) in [4.78, 5) is 4.11. The molecular formula is C16H25NO2S. The fourth-order valence-electron chi connectivity index (χ4n) is 3.78. The molecule has 0 bridgehead atoms. The van der Waals surface area contributed by atoms with Crippen LogP contribution in [-0.4, -0.2) is 44.4 Å². The Balaban J connectivity index is 1.71. The standard InChI is InChI=1S/C16H25NO2S/c1-13-5-9-20-14(13)10-17-7-4-15-16(11-17,12-18-2)6-3-8-19-15/h5,9,15H,3-4,6-8,10-12H2,1-2H3. The Hall–Kier alpha value is -0.420. The molecule has 1 aromatic rings. The average Bonchev–Trinajstić information content (AvgIpc) is 2.84. The minimum atomic E-state index is 0.219. The van der Waals surface area contributed by atoms with Crippen molar-refractivity contribution in [2.24, 2.45) is 5.41 Å². The first-order valence-corrected chi connectivity index (χ1v) is 8.47. The normalized spacial score (nSPS) is 31.2. The summed E-state index contributed by atoms with van der Waals surface area (Å²) in [6.07, 6.45) is 3.96. The van der Waals surface area contributed by atoms with Crippen molar-refractivity contribution in [3.63, 3.8) is 0 Å². The number of methoxy groups -OCH3 is 1. The van der Waals surface area contributed by atoms with Crippen LogP contribution in [0.5, 0.6) is 0 Å². The molecule has 0 aromatic carbocycles. The van der Waals surface area contributed by atoms with Crippen LogP contribution in [0, 0.1) is 12.3 Å². The van der Waals surface area contributed by atoms with Crippen molar-refractivity contribution in [2.45, 2.75) is 38.8 Å². The Bertz CT molecular complexity index is 443. The zero-order chi connectivity index (χ0) is 14.0. The second-order valence-corrected chi connectivity index (χ2v) is 7.29. The lowest BCUT2D eigenvalue weighted by Gasteiger charge is -2.50. The zero-order valence-corrected chi connectivity index (χ0v) is 13.4. The van der Waals surface area contributed by atoms with Gasteiger partial charge in [0.25, 0.3) is 0 Å². The van der Waals surface area contributed by atoms with Gasteiger partial charge in [-0.25, -0.2) is 0 Å². The molecule has 112 valence electrons. The van der Waals surface area contributed by atoms with Crippen molar-refractivity contribution >= 4 is 11.3 Å². The van der Waals surface area contributed by atoms with Crippen molar-refractivity contribution in [3.05, 3.63) is 21.9 Å². The highest BCUT2D eigenvalue weighted by molar-refractivity contribution is 7.10. The fraction of sp³-hybridized carbons (Fsp3) is 0.750. The summed E-state index contributed by atoms with van der Waals surface area (Å²) < 4.78 is 11.6. The highest BCUT2D eigenvalue weighted by Crippen LogP contribution is 2.41. The molecule has 0 saturated carbocycles. The molecular weight excluding hydrogens is 270 g/mol. The van der Waals surface area contributed by atoms with Crippen molar-refractivity contribution < 1.29 is 9.47 Å². The summed E-state index contributed by atoms with van der Waals surface area (Å²) in [6.45, 7) is 7.32. The number of rotatable bonds is 4. The van der Waals surface area contributed by atoms with Crippen LogP contribution in [0.3, 0.4) is 0 Å². The van der Waals surface area contributed by atoms with Crippen molar-refractivity contribution in [2.75, 3.05) is 33.4 Å². The average molecular weight is 295 g/mol. The first-order chi connectivity index (χ1) is 9.73. The van der Waals surface area contributed by atoms with Crippen molar-refractivity contribution in [1.82, 2.24) is 4.90 Å². The van der Waals surface area contributed by atoms with E-state index in [1.807, 2.05) is 18.4 Å². The number of piperidine rings is 1. The van der Waals surface area contributed by atoms with E-state index in [-0.39, 0.29) is 5.41 Å². The monoisotopic (exact) mass is 295 g/mol. The Labute approximate surface area is 125 Å². The minimum Gasteiger partial charge on any atom is -0.384 e. The van der Waals surface area contributed by atoms with Gasteiger partial charge in [-0.15, -0.1) is 11.3 Å². The van der Waals surface area contributed by atoms with Crippen LogP contribution in [0.15, 0.2) is 11.4 Å². The Morgan fingerprint density at radius 1 is 1.55 bits per heavy atom. The van der Waals surface area contributed by atoms with Crippen LogP contribution >= 0.6 is 11.3 Å². The molecule has 3 nitrogen and oxygen atoms in total. The van der Waals surface area contributed by atoms with Gasteiger partial charge in [0.2, 0.25) is 0 Å². The van der Waals surface area contributed by atoms with Gasteiger partial charge in [-0.1, -0.05) is 0 Å². The minimum absolute atomic E-state index is 0.219. The zero-order valence-electron chi connectivity index (χ0n) is 12.6. The Kier molecular flexibility index (Phi) is 4.46. The molecule has 0 spiro atoms. The fourth-order valence-corrected chi connectivity index (χ4v) is 4.73. The third-order valence-corrected chi connectivity index (χ3v) is 5.84. The quantitative estimate of drug-likeness (QED) is 0.852. The Morgan fingerprint density at radius 3 is 3.20 bits per heavy atom. The first-order valence-electron chi connectivity index (χ1n) is 7.59. The molecule has 2 unspecified atom stereocenters. The second kappa shape index (κ2) is 6.14. The van der Waals surface area contributed by atoms with E-state index in [2.05, 4.69) is 23.3 Å². The van der Waals surface area contributed by atoms with Gasteiger partial charge in [0.1, 0.15) is 0 Å². The molecule has 3 rings (SSSR count). The molecule has 1 aromatic heterocycles. The van der Waals surface area contributed by atoms with E-state index in [4.69, 9.17) is 9.47 Å². The van der Waals surface area contributed by atoms with E-state index in [9.17, 15) is 0 Å². The maximum atomic E-state index is 6.04. The molecule has 2 aliphatic heterocycles. The predicted molar refractivity (Wildman–Crippen MR) is 82.2 cm³/mol. The number of likely N-dealkylation sites (tertiary alicyclic amines) is 1. The maximum absolute atomic E-state index is 6.04. The van der Waals surface area contributed by atoms with Gasteiger partial charge in [-0.3, -0.25) is 4.90 Å². The molecule has 0 N–H and O–H groups in total. The van der Waals surface area contributed by atoms with E-state index in [0.29, 0.717) is 6.10 Å². The van der Waals surface area contributed by atoms with Gasteiger partial charge in [0.05, 0.1) is 12.7 Å². The molecule has 2 aliphatic rings. The second-order valence-electron chi connectivity index (χ2n) is 6.28. The molecule has 4 heteroatoms. The van der Waals surface area contributed by atoms with Gasteiger partial charge in [-0.2, -0.15) is 0 Å². The first kappa shape index (κ1) is 14.5. The summed E-state index contributed by atoms with van der Waals surface area (Å²) >= 11 is 1.88. The molecule has 0 amide bonds. The van der Waals surface area contributed by atoms with E-state index in [1.54, 1.807) is 0 Å². The van der Waals surface area contributed by atoms with Crippen LogP contribution in [-0.2, 0) is 16.0 Å². The van der Waals surface area contributed by atoms with Crippen LogP contribution in [0.25, 0.3) is 0 Å². The summed E-state index contributed by atoms with van der Waals surface area (Å²) in [6, 6.07) is 2.22. The molecule has 2 atom stereocenters. The number of hydrogen-bond donors (Lipinski definition) is 0. The summed E-state index contributed by atoms with van der Waals surface area (Å²) in [5, 5.41) is 2.20. The smallest absolute Gasteiger partial charge is 0.0677 e. The molecule has 0 aliphatic carbocycles. The summed E-state index contributed by atoms with van der Waals surface area (Å²) in [5.74, 6) is 0. The van der Waals surface area contributed by atoms with E-state index in [0.717, 1.165) is 39.3 Å². The van der Waals surface area contributed by atoms with Gasteiger partial charge >= 0.3 is 0 Å². The molecule has 0 radical (unpaired) electrons. The summed E-state index contributed by atoms with van der Waals surface area (Å²) in [7, 11) is 1.82. The lowest BCUT2D eigenvalue weighted by atomic mass is 9.73. The SMILES string of the molecule is COCC12CCCOC1CCN(Cc1sccc1C)C2. The van der Waals surface area contributed by atoms with E-state index in [1.165, 1.54) is 23.3 Å². The summed E-state index contributed by atoms with van der Waals surface area (Å²) in [5.41, 5.74) is 1.65. The number of thiophene rings is 1. The lowest BCUT2D eigenvalue weighted by molar-refractivity contribution is -0.149. The van der Waals surface area contributed by atoms with Crippen LogP contribution < -0.4 is 0 Å². The van der Waals surface area contributed by atoms with Crippen LogP contribution in [0.1, 0.15) is 29.7 Å². The molecule has 3 heterocycles. The third-order valence-electron chi connectivity index (χ3n) is 4.83. The van der Waals surface area contributed by atoms with Gasteiger partial charge < -0.3 is 9.47 Å².